The van der Waals surface area contributed by atoms with Crippen molar-refractivity contribution in [3.8, 4) is 0 Å². The van der Waals surface area contributed by atoms with E-state index < -0.39 is 13.3 Å². The molecule has 0 fully saturated rings. The van der Waals surface area contributed by atoms with Crippen molar-refractivity contribution >= 4 is 18.6 Å². The van der Waals surface area contributed by atoms with Gasteiger partial charge in [0.1, 0.15) is 0 Å². The highest BCUT2D eigenvalue weighted by Crippen LogP contribution is 2.46. The van der Waals surface area contributed by atoms with E-state index in [0.717, 1.165) is 6.42 Å². The molecule has 0 aromatic heterocycles. The molecule has 4 nitrogen and oxygen atoms in total. The van der Waals surface area contributed by atoms with Crippen LogP contribution >= 0.6 is 7.37 Å². The Labute approximate surface area is 148 Å². The van der Waals surface area contributed by atoms with Crippen LogP contribution in [0.2, 0.25) is 0 Å². The van der Waals surface area contributed by atoms with E-state index in [9.17, 15) is 9.36 Å². The second kappa shape index (κ2) is 9.36. The second-order valence-corrected chi connectivity index (χ2v) is 8.14. The van der Waals surface area contributed by atoms with Crippen LogP contribution < -0.4 is 5.30 Å². The first kappa shape index (κ1) is 19.2. The van der Waals surface area contributed by atoms with Crippen molar-refractivity contribution in [1.82, 2.24) is 0 Å². The van der Waals surface area contributed by atoms with Crippen LogP contribution in [0.3, 0.4) is 0 Å². The highest BCUT2D eigenvalue weighted by molar-refractivity contribution is 7.67. The van der Waals surface area contributed by atoms with Crippen LogP contribution in [0.25, 0.3) is 0 Å². The van der Waals surface area contributed by atoms with Gasteiger partial charge in [0, 0.05) is 18.0 Å². The molecule has 1 unspecified atom stereocenters. The molecule has 0 spiro atoms. The van der Waals surface area contributed by atoms with E-state index in [4.69, 9.17) is 9.26 Å². The first-order chi connectivity index (χ1) is 12.1. The Balaban J connectivity index is 2.17. The number of rotatable bonds is 8. The van der Waals surface area contributed by atoms with E-state index in [2.05, 4.69) is 0 Å². The number of ether oxygens (including phenoxy) is 1. The lowest BCUT2D eigenvalue weighted by molar-refractivity contribution is -0.136. The average molecular weight is 358 g/mol. The summed E-state index contributed by atoms with van der Waals surface area (Å²) in [4.78, 5) is 12.1. The highest BCUT2D eigenvalue weighted by atomic mass is 31.2. The van der Waals surface area contributed by atoms with Crippen LogP contribution in [0.4, 0.5) is 0 Å². The number of allylic oxidation sites excluding steroid dienone is 1. The number of hydrogen-bond donors (Lipinski definition) is 0. The van der Waals surface area contributed by atoms with Crippen molar-refractivity contribution in [3.63, 3.8) is 0 Å². The van der Waals surface area contributed by atoms with Gasteiger partial charge in [0.15, 0.2) is 0 Å². The number of benzene rings is 2. The molecule has 0 radical (unpaired) electrons. The molecular formula is C20H23O4P. The van der Waals surface area contributed by atoms with Gasteiger partial charge in [-0.25, -0.2) is 4.79 Å². The summed E-state index contributed by atoms with van der Waals surface area (Å²) >= 11 is 0. The van der Waals surface area contributed by atoms with Crippen LogP contribution in [0.5, 0.6) is 0 Å². The minimum absolute atomic E-state index is 0.0228. The van der Waals surface area contributed by atoms with Crippen LogP contribution in [0.15, 0.2) is 72.3 Å². The Bertz CT molecular complexity index is 754. The molecule has 132 valence electrons. The first-order valence-corrected chi connectivity index (χ1v) is 9.92. The molecule has 0 aliphatic heterocycles. The fraction of sp³-hybridized carbons (Fsp3) is 0.250. The zero-order chi connectivity index (χ0) is 18.1. The third-order valence-electron chi connectivity index (χ3n) is 3.94. The monoisotopic (exact) mass is 358 g/mol. The second-order valence-electron chi connectivity index (χ2n) is 5.59. The highest BCUT2D eigenvalue weighted by Gasteiger charge is 2.28. The molecule has 0 bridgehead atoms. The summed E-state index contributed by atoms with van der Waals surface area (Å²) < 4.78 is 23.4. The third kappa shape index (κ3) is 5.42. The van der Waals surface area contributed by atoms with Gasteiger partial charge in [-0.2, -0.15) is 0 Å². The lowest BCUT2D eigenvalue weighted by Crippen LogP contribution is -2.15. The molecule has 0 amide bonds. The molecule has 25 heavy (non-hydrogen) atoms. The molecule has 0 aliphatic rings. The van der Waals surface area contributed by atoms with Crippen LogP contribution in [0, 0.1) is 0 Å². The van der Waals surface area contributed by atoms with E-state index in [1.54, 1.807) is 30.3 Å². The summed E-state index contributed by atoms with van der Waals surface area (Å²) in [6.45, 7) is 0. The minimum Gasteiger partial charge on any atom is -0.466 e. The fourth-order valence-electron chi connectivity index (χ4n) is 2.54. The molecule has 2 aromatic carbocycles. The number of hydrogen-bond acceptors (Lipinski definition) is 4. The predicted molar refractivity (Wildman–Crippen MR) is 100 cm³/mol. The Morgan fingerprint density at radius 1 is 1.00 bits per heavy atom. The lowest BCUT2D eigenvalue weighted by atomic mass is 10.1. The molecule has 5 heteroatoms. The van der Waals surface area contributed by atoms with Gasteiger partial charge in [0.25, 0.3) is 0 Å². The van der Waals surface area contributed by atoms with Gasteiger partial charge >= 0.3 is 5.97 Å². The summed E-state index contributed by atoms with van der Waals surface area (Å²) in [5, 5.41) is 0.593. The van der Waals surface area contributed by atoms with Gasteiger partial charge < -0.3 is 9.26 Å². The Hall–Kier alpha value is -2.16. The van der Waals surface area contributed by atoms with Gasteiger partial charge in [-0.3, -0.25) is 4.57 Å². The van der Waals surface area contributed by atoms with Gasteiger partial charge in [-0.05, 0) is 30.5 Å². The van der Waals surface area contributed by atoms with Crippen LogP contribution in [-0.2, 0) is 25.0 Å². The molecule has 0 aliphatic carbocycles. The van der Waals surface area contributed by atoms with Gasteiger partial charge in [0.2, 0.25) is 7.37 Å². The summed E-state index contributed by atoms with van der Waals surface area (Å²) in [5.41, 5.74) is 1.56. The molecular weight excluding hydrogens is 335 g/mol. The van der Waals surface area contributed by atoms with Crippen molar-refractivity contribution in [3.05, 3.63) is 77.9 Å². The van der Waals surface area contributed by atoms with Gasteiger partial charge in [-0.1, -0.05) is 54.6 Å². The molecule has 0 heterocycles. The van der Waals surface area contributed by atoms with E-state index >= 15 is 0 Å². The zero-order valence-corrected chi connectivity index (χ0v) is 15.4. The zero-order valence-electron chi connectivity index (χ0n) is 14.6. The lowest BCUT2D eigenvalue weighted by Gasteiger charge is -2.17. The number of carbonyl (C=O) groups excluding carboxylic acids is 1. The third-order valence-corrected chi connectivity index (χ3v) is 6.37. The molecule has 0 saturated heterocycles. The molecule has 2 rings (SSSR count). The largest absolute Gasteiger partial charge is 0.466 e. The van der Waals surface area contributed by atoms with E-state index in [0.29, 0.717) is 17.3 Å². The summed E-state index contributed by atoms with van der Waals surface area (Å²) in [6, 6.07) is 19.0. The van der Waals surface area contributed by atoms with E-state index in [1.807, 2.05) is 36.4 Å². The number of aryl methyl sites for hydroxylation is 1. The normalized spacial score (nSPS) is 13.9. The SMILES string of the molecule is COC(=O)/C(=C\CCc1ccccc1)CP(=O)(OC)c1ccccc1. The van der Waals surface area contributed by atoms with Crippen molar-refractivity contribution in [2.24, 2.45) is 0 Å². The van der Waals surface area contributed by atoms with E-state index in [-0.39, 0.29) is 6.16 Å². The first-order valence-electron chi connectivity index (χ1n) is 8.11. The van der Waals surface area contributed by atoms with Gasteiger partial charge in [0.05, 0.1) is 13.3 Å². The van der Waals surface area contributed by atoms with Crippen LogP contribution in [-0.4, -0.2) is 26.4 Å². The summed E-state index contributed by atoms with van der Waals surface area (Å²) in [6.07, 6.45) is 3.28. The van der Waals surface area contributed by atoms with Crippen molar-refractivity contribution in [1.29, 1.82) is 0 Å². The maximum atomic E-state index is 13.2. The summed E-state index contributed by atoms with van der Waals surface area (Å²) in [7, 11) is -0.421. The fourth-order valence-corrected chi connectivity index (χ4v) is 4.40. The van der Waals surface area contributed by atoms with Crippen molar-refractivity contribution in [2.75, 3.05) is 20.4 Å². The van der Waals surface area contributed by atoms with Gasteiger partial charge in [-0.15, -0.1) is 0 Å². The van der Waals surface area contributed by atoms with E-state index in [1.165, 1.54) is 19.8 Å². The van der Waals surface area contributed by atoms with Crippen molar-refractivity contribution in [2.45, 2.75) is 12.8 Å². The molecule has 0 saturated carbocycles. The maximum Gasteiger partial charge on any atom is 0.333 e. The minimum atomic E-state index is -3.16. The van der Waals surface area contributed by atoms with Crippen LogP contribution in [0.1, 0.15) is 12.0 Å². The molecule has 0 N–H and O–H groups in total. The van der Waals surface area contributed by atoms with Crippen molar-refractivity contribution < 1.29 is 18.6 Å². The molecule has 2 aromatic rings. The Morgan fingerprint density at radius 2 is 1.60 bits per heavy atom. The number of carbonyl (C=O) groups is 1. The Kier molecular flexibility index (Phi) is 7.17. The Morgan fingerprint density at radius 3 is 2.16 bits per heavy atom. The number of methoxy groups -OCH3 is 1. The standard InChI is InChI=1S/C20H23O4P/c1-23-20(21)18(13-9-12-17-10-5-3-6-11-17)16-25(22,24-2)19-14-7-4-8-15-19/h3-8,10-11,13-15H,9,12,16H2,1-2H3/b18-13-. The number of esters is 1. The molecule has 1 atom stereocenters. The summed E-state index contributed by atoms with van der Waals surface area (Å²) in [5.74, 6) is -0.471. The average Bonchev–Trinajstić information content (AvgIpc) is 2.68. The topological polar surface area (TPSA) is 52.6 Å². The smallest absolute Gasteiger partial charge is 0.333 e. The predicted octanol–water partition coefficient (Wildman–Crippen LogP) is 3.97. The maximum absolute atomic E-state index is 13.2. The quantitative estimate of drug-likeness (QED) is 0.407.